The van der Waals surface area contributed by atoms with E-state index in [4.69, 9.17) is 9.53 Å². The zero-order valence-electron chi connectivity index (χ0n) is 17.4. The molecular formula is C20H36F2O3Si. The van der Waals surface area contributed by atoms with Crippen LogP contribution in [-0.2, 0) is 9.22 Å². The number of aliphatic carboxylic acids is 1. The molecule has 6 heteroatoms. The van der Waals surface area contributed by atoms with Crippen LogP contribution in [0.3, 0.4) is 0 Å². The first-order valence-corrected chi connectivity index (χ1v) is 12.8. The maximum Gasteiger partial charge on any atom is 0.374 e. The number of alkyl halides is 2. The van der Waals surface area contributed by atoms with Crippen LogP contribution in [0.4, 0.5) is 8.78 Å². The lowest BCUT2D eigenvalue weighted by molar-refractivity contribution is -0.179. The first kappa shape index (κ1) is 21.8. The van der Waals surface area contributed by atoms with Crippen molar-refractivity contribution in [3.63, 3.8) is 0 Å². The molecule has 1 N–H and O–H groups in total. The summed E-state index contributed by atoms with van der Waals surface area (Å²) in [5.41, 5.74) is -0.260. The molecule has 2 rings (SSSR count). The zero-order valence-corrected chi connectivity index (χ0v) is 18.4. The predicted octanol–water partition coefficient (Wildman–Crippen LogP) is 5.95. The average Bonchev–Trinajstić information content (AvgIpc) is 2.82. The van der Waals surface area contributed by atoms with Crippen LogP contribution in [-0.4, -0.2) is 31.4 Å². The van der Waals surface area contributed by atoms with E-state index in [0.717, 1.165) is 25.7 Å². The van der Waals surface area contributed by atoms with Gasteiger partial charge in [-0.25, -0.2) is 4.79 Å². The normalized spacial score (nSPS) is 34.4. The van der Waals surface area contributed by atoms with E-state index in [9.17, 15) is 13.6 Å². The molecule has 0 aromatic heterocycles. The summed E-state index contributed by atoms with van der Waals surface area (Å²) in [5, 5.41) is 9.09. The highest BCUT2D eigenvalue weighted by atomic mass is 28.4. The lowest BCUT2D eigenvalue weighted by Crippen LogP contribution is -2.51. The van der Waals surface area contributed by atoms with E-state index in [1.807, 2.05) is 0 Å². The Bertz CT molecular complexity index is 544. The molecule has 0 amide bonds. The van der Waals surface area contributed by atoms with Crippen LogP contribution in [0.15, 0.2) is 0 Å². The fraction of sp³-hybridized carbons (Fsp3) is 0.950. The van der Waals surface area contributed by atoms with E-state index in [0.29, 0.717) is 6.42 Å². The van der Waals surface area contributed by atoms with Gasteiger partial charge < -0.3 is 9.53 Å². The van der Waals surface area contributed by atoms with Crippen LogP contribution in [0, 0.1) is 23.2 Å². The summed E-state index contributed by atoms with van der Waals surface area (Å²) in [7, 11) is -1.93. The van der Waals surface area contributed by atoms with Gasteiger partial charge in [0.1, 0.15) is 0 Å². The molecule has 0 radical (unpaired) electrons. The standard InChI is InChI=1S/C20H36F2O3Si/c1-13(20(21,22)17(23)24)14-10-11-15-16(9-8-12-19(14,15)5)25-26(6,7)18(2,3)4/h13-16H,8-12H2,1-7H3,(H,23,24)/t13?,14-,15+,16+,19-/m1/s1. The molecule has 2 fully saturated rings. The quantitative estimate of drug-likeness (QED) is 0.590. The fourth-order valence-electron chi connectivity index (χ4n) is 5.13. The Morgan fingerprint density at radius 1 is 1.23 bits per heavy atom. The van der Waals surface area contributed by atoms with Crippen LogP contribution in [0.25, 0.3) is 0 Å². The number of rotatable bonds is 5. The van der Waals surface area contributed by atoms with E-state index in [1.165, 1.54) is 6.92 Å². The number of carboxylic acids is 1. The van der Waals surface area contributed by atoms with E-state index < -0.39 is 26.1 Å². The molecule has 5 atom stereocenters. The van der Waals surface area contributed by atoms with Crippen molar-refractivity contribution in [1.82, 2.24) is 0 Å². The van der Waals surface area contributed by atoms with Gasteiger partial charge in [0.2, 0.25) is 0 Å². The second kappa shape index (κ2) is 6.84. The van der Waals surface area contributed by atoms with Crippen molar-refractivity contribution in [2.75, 3.05) is 0 Å². The lowest BCUT2D eigenvalue weighted by Gasteiger charge is -2.50. The predicted molar refractivity (Wildman–Crippen MR) is 102 cm³/mol. The Labute approximate surface area is 158 Å². The molecule has 26 heavy (non-hydrogen) atoms. The van der Waals surface area contributed by atoms with Gasteiger partial charge in [0.25, 0.3) is 0 Å². The summed E-state index contributed by atoms with van der Waals surface area (Å²) in [5.74, 6) is -6.84. The maximum atomic E-state index is 14.2. The van der Waals surface area contributed by atoms with Crippen molar-refractivity contribution < 1.29 is 23.1 Å². The lowest BCUT2D eigenvalue weighted by atomic mass is 9.61. The van der Waals surface area contributed by atoms with Gasteiger partial charge in [-0.15, -0.1) is 0 Å². The SMILES string of the molecule is CC([C@H]1CC[C@H]2[C@@H](O[Si](C)(C)C(C)(C)C)CCC[C@]12C)C(F)(F)C(=O)O. The molecule has 0 heterocycles. The largest absolute Gasteiger partial charge is 0.477 e. The number of carboxylic acid groups (broad SMARTS) is 1. The topological polar surface area (TPSA) is 46.5 Å². The van der Waals surface area contributed by atoms with Gasteiger partial charge in [0.15, 0.2) is 8.32 Å². The van der Waals surface area contributed by atoms with E-state index in [-0.39, 0.29) is 28.4 Å². The number of halogens is 2. The van der Waals surface area contributed by atoms with Gasteiger partial charge in [-0.1, -0.05) is 41.0 Å². The summed E-state index contributed by atoms with van der Waals surface area (Å²) in [6.45, 7) is 14.7. The Balaban J connectivity index is 2.24. The summed E-state index contributed by atoms with van der Waals surface area (Å²) in [6.07, 6.45) is 4.49. The number of carbonyl (C=O) groups is 1. The number of hydrogen-bond acceptors (Lipinski definition) is 2. The summed E-state index contributed by atoms with van der Waals surface area (Å²) in [4.78, 5) is 11.1. The highest BCUT2D eigenvalue weighted by Gasteiger charge is 2.59. The third-order valence-corrected chi connectivity index (χ3v) is 12.4. The fourth-order valence-corrected chi connectivity index (χ4v) is 6.52. The average molecular weight is 391 g/mol. The smallest absolute Gasteiger partial charge is 0.374 e. The van der Waals surface area contributed by atoms with E-state index in [1.54, 1.807) is 0 Å². The van der Waals surface area contributed by atoms with Crippen molar-refractivity contribution in [2.45, 2.75) is 96.9 Å². The summed E-state index contributed by atoms with van der Waals surface area (Å²) < 4.78 is 35.2. The minimum Gasteiger partial charge on any atom is -0.477 e. The summed E-state index contributed by atoms with van der Waals surface area (Å²) in [6, 6.07) is 0. The van der Waals surface area contributed by atoms with Gasteiger partial charge in [-0.3, -0.25) is 0 Å². The molecule has 3 nitrogen and oxygen atoms in total. The number of hydrogen-bond donors (Lipinski definition) is 1. The summed E-state index contributed by atoms with van der Waals surface area (Å²) >= 11 is 0. The van der Waals surface area contributed by atoms with Crippen LogP contribution in [0.5, 0.6) is 0 Å². The van der Waals surface area contributed by atoms with Crippen LogP contribution in [0.2, 0.25) is 18.1 Å². The minimum atomic E-state index is -3.67. The Morgan fingerprint density at radius 2 is 1.81 bits per heavy atom. The molecule has 2 aliphatic rings. The minimum absolute atomic E-state index is 0.114. The van der Waals surface area contributed by atoms with Crippen LogP contribution >= 0.6 is 0 Å². The molecule has 152 valence electrons. The first-order valence-electron chi connectivity index (χ1n) is 9.93. The number of fused-ring (bicyclic) bond motifs is 1. The van der Waals surface area contributed by atoms with E-state index in [2.05, 4.69) is 40.8 Å². The second-order valence-electron chi connectivity index (χ2n) is 10.3. The van der Waals surface area contributed by atoms with Crippen LogP contribution < -0.4 is 0 Å². The second-order valence-corrected chi connectivity index (χ2v) is 15.1. The van der Waals surface area contributed by atoms with Crippen molar-refractivity contribution in [1.29, 1.82) is 0 Å². The first-order chi connectivity index (χ1) is 11.6. The Kier molecular flexibility index (Phi) is 5.73. The molecule has 0 spiro atoms. The molecule has 1 unspecified atom stereocenters. The van der Waals surface area contributed by atoms with Gasteiger partial charge in [0.05, 0.1) is 0 Å². The Morgan fingerprint density at radius 3 is 2.31 bits per heavy atom. The van der Waals surface area contributed by atoms with Crippen molar-refractivity contribution in [2.24, 2.45) is 23.2 Å². The molecule has 0 aliphatic heterocycles. The third kappa shape index (κ3) is 3.60. The van der Waals surface area contributed by atoms with Crippen LogP contribution in [0.1, 0.15) is 66.7 Å². The third-order valence-electron chi connectivity index (χ3n) is 7.85. The molecule has 0 saturated heterocycles. The van der Waals surface area contributed by atoms with Crippen molar-refractivity contribution in [3.8, 4) is 0 Å². The van der Waals surface area contributed by atoms with E-state index >= 15 is 0 Å². The molecule has 2 aliphatic carbocycles. The molecule has 0 aromatic carbocycles. The molecule has 0 aromatic rings. The van der Waals surface area contributed by atoms with Gasteiger partial charge in [0, 0.05) is 12.0 Å². The van der Waals surface area contributed by atoms with Crippen molar-refractivity contribution >= 4 is 14.3 Å². The molecular weight excluding hydrogens is 354 g/mol. The Hall–Kier alpha value is -0.493. The maximum absolute atomic E-state index is 14.2. The van der Waals surface area contributed by atoms with Gasteiger partial charge in [-0.05, 0) is 61.1 Å². The zero-order chi connectivity index (χ0) is 20.1. The molecule has 0 bridgehead atoms. The highest BCUT2D eigenvalue weighted by molar-refractivity contribution is 6.74. The highest BCUT2D eigenvalue weighted by Crippen LogP contribution is 2.60. The molecule has 2 saturated carbocycles. The van der Waals surface area contributed by atoms with Crippen molar-refractivity contribution in [3.05, 3.63) is 0 Å². The monoisotopic (exact) mass is 390 g/mol. The van der Waals surface area contributed by atoms with Gasteiger partial charge in [-0.2, -0.15) is 8.78 Å². The van der Waals surface area contributed by atoms with Gasteiger partial charge >= 0.3 is 11.9 Å².